The van der Waals surface area contributed by atoms with E-state index >= 15 is 0 Å². The van der Waals surface area contributed by atoms with E-state index < -0.39 is 40.6 Å². The first-order chi connectivity index (χ1) is 8.99. The fraction of sp³-hybridized carbons (Fsp3) is 0. The van der Waals surface area contributed by atoms with Gasteiger partial charge in [-0.3, -0.25) is 0 Å². The van der Waals surface area contributed by atoms with Crippen molar-refractivity contribution in [1.29, 1.82) is 0 Å². The minimum Gasteiger partial charge on any atom is -0.477 e. The van der Waals surface area contributed by atoms with Crippen molar-refractivity contribution in [2.45, 2.75) is 0 Å². The molecule has 4 nitrogen and oxygen atoms in total. The van der Waals surface area contributed by atoms with E-state index in [2.05, 4.69) is 4.98 Å². The summed E-state index contributed by atoms with van der Waals surface area (Å²) in [4.78, 5) is 14.3. The number of ether oxygens (including phenoxy) is 1. The number of halogens is 3. The highest BCUT2D eigenvalue weighted by molar-refractivity contribution is 5.90. The Morgan fingerprint density at radius 3 is 2.68 bits per heavy atom. The maximum absolute atomic E-state index is 13.4. The Hall–Kier alpha value is -2.57. The summed E-state index contributed by atoms with van der Waals surface area (Å²) in [5, 5.41) is 8.84. The van der Waals surface area contributed by atoms with Gasteiger partial charge in [0.2, 0.25) is 11.7 Å². The molecule has 1 aromatic carbocycles. The highest BCUT2D eigenvalue weighted by Gasteiger charge is 2.17. The fourth-order valence-corrected chi connectivity index (χ4v) is 1.33. The summed E-state index contributed by atoms with van der Waals surface area (Å²) < 4.78 is 44.0. The SMILES string of the molecule is O=C(O)c1cc(F)cnc1Oc1cccc(F)c1F. The molecule has 0 saturated heterocycles. The largest absolute Gasteiger partial charge is 0.477 e. The van der Waals surface area contributed by atoms with Crippen LogP contribution in [-0.2, 0) is 0 Å². The smallest absolute Gasteiger partial charge is 0.341 e. The van der Waals surface area contributed by atoms with Gasteiger partial charge in [0.15, 0.2) is 11.6 Å². The van der Waals surface area contributed by atoms with Gasteiger partial charge in [-0.25, -0.2) is 18.6 Å². The molecule has 7 heteroatoms. The van der Waals surface area contributed by atoms with E-state index in [1.165, 1.54) is 6.07 Å². The molecule has 0 unspecified atom stereocenters. The standard InChI is InChI=1S/C12H6F3NO3/c13-6-4-7(12(17)18)11(16-5-6)19-9-3-1-2-8(14)10(9)15/h1-5H,(H,17,18). The number of aromatic nitrogens is 1. The minimum absolute atomic E-state index is 0.529. The molecule has 19 heavy (non-hydrogen) atoms. The van der Waals surface area contributed by atoms with E-state index in [4.69, 9.17) is 9.84 Å². The lowest BCUT2D eigenvalue weighted by molar-refractivity contribution is 0.0692. The molecule has 0 radical (unpaired) electrons. The zero-order valence-corrected chi connectivity index (χ0v) is 9.23. The summed E-state index contributed by atoms with van der Waals surface area (Å²) in [5.74, 6) is -5.90. The number of aromatic carboxylic acids is 1. The van der Waals surface area contributed by atoms with Crippen LogP contribution in [0.4, 0.5) is 13.2 Å². The lowest BCUT2D eigenvalue weighted by Crippen LogP contribution is -2.04. The number of carbonyl (C=O) groups is 1. The lowest BCUT2D eigenvalue weighted by Gasteiger charge is -2.08. The molecule has 2 rings (SSSR count). The molecule has 1 heterocycles. The normalized spacial score (nSPS) is 10.3. The highest BCUT2D eigenvalue weighted by Crippen LogP contribution is 2.27. The predicted molar refractivity (Wildman–Crippen MR) is 57.6 cm³/mol. The summed E-state index contributed by atoms with van der Waals surface area (Å²) in [6, 6.07) is 3.81. The summed E-state index contributed by atoms with van der Waals surface area (Å²) >= 11 is 0. The van der Waals surface area contributed by atoms with Gasteiger partial charge in [0.25, 0.3) is 0 Å². The molecular weight excluding hydrogens is 263 g/mol. The van der Waals surface area contributed by atoms with Crippen molar-refractivity contribution in [3.05, 3.63) is 53.5 Å². The van der Waals surface area contributed by atoms with Crippen LogP contribution >= 0.6 is 0 Å². The number of benzene rings is 1. The number of nitrogens with zero attached hydrogens (tertiary/aromatic N) is 1. The van der Waals surface area contributed by atoms with Crippen LogP contribution in [0.2, 0.25) is 0 Å². The molecule has 0 aliphatic rings. The van der Waals surface area contributed by atoms with E-state index in [-0.39, 0.29) is 0 Å². The maximum Gasteiger partial charge on any atom is 0.341 e. The van der Waals surface area contributed by atoms with E-state index in [1.807, 2.05) is 0 Å². The second-order valence-electron chi connectivity index (χ2n) is 3.47. The number of hydrogen-bond acceptors (Lipinski definition) is 3. The molecule has 0 aliphatic heterocycles. The Bertz CT molecular complexity index is 646. The van der Waals surface area contributed by atoms with Gasteiger partial charge >= 0.3 is 5.97 Å². The summed E-state index contributed by atoms with van der Waals surface area (Å²) in [6.45, 7) is 0. The van der Waals surface area contributed by atoms with E-state index in [0.717, 1.165) is 12.1 Å². The van der Waals surface area contributed by atoms with Gasteiger partial charge in [0.1, 0.15) is 11.4 Å². The first-order valence-corrected chi connectivity index (χ1v) is 4.99. The van der Waals surface area contributed by atoms with Crippen molar-refractivity contribution in [1.82, 2.24) is 4.98 Å². The van der Waals surface area contributed by atoms with Crippen LogP contribution in [-0.4, -0.2) is 16.1 Å². The van der Waals surface area contributed by atoms with Crippen LogP contribution in [0.25, 0.3) is 0 Å². The van der Waals surface area contributed by atoms with Gasteiger partial charge < -0.3 is 9.84 Å². The molecule has 2 aromatic rings. The molecule has 0 bridgehead atoms. The molecule has 0 amide bonds. The summed E-state index contributed by atoms with van der Waals surface area (Å²) in [5.41, 5.74) is -0.594. The van der Waals surface area contributed by atoms with Gasteiger partial charge in [-0.2, -0.15) is 4.39 Å². The number of rotatable bonds is 3. The maximum atomic E-state index is 13.4. The molecule has 98 valence electrons. The van der Waals surface area contributed by atoms with Crippen LogP contribution in [0, 0.1) is 17.5 Å². The lowest BCUT2D eigenvalue weighted by atomic mass is 10.2. The second kappa shape index (κ2) is 4.97. The third-order valence-electron chi connectivity index (χ3n) is 2.17. The third-order valence-corrected chi connectivity index (χ3v) is 2.17. The van der Waals surface area contributed by atoms with Crippen LogP contribution in [0.1, 0.15) is 10.4 Å². The van der Waals surface area contributed by atoms with Gasteiger partial charge in [-0.1, -0.05) is 6.07 Å². The van der Waals surface area contributed by atoms with Crippen molar-refractivity contribution in [2.75, 3.05) is 0 Å². The molecule has 1 aromatic heterocycles. The number of carboxylic acid groups (broad SMARTS) is 1. The third kappa shape index (κ3) is 2.65. The van der Waals surface area contributed by atoms with Crippen molar-refractivity contribution in [3.8, 4) is 11.6 Å². The Balaban J connectivity index is 2.44. The number of carboxylic acids is 1. The molecule has 0 saturated carbocycles. The minimum atomic E-state index is -1.50. The second-order valence-corrected chi connectivity index (χ2v) is 3.47. The molecule has 0 aliphatic carbocycles. The van der Waals surface area contributed by atoms with E-state index in [0.29, 0.717) is 12.3 Å². The van der Waals surface area contributed by atoms with Crippen molar-refractivity contribution >= 4 is 5.97 Å². The number of pyridine rings is 1. The highest BCUT2D eigenvalue weighted by atomic mass is 19.2. The summed E-state index contributed by atoms with van der Waals surface area (Å²) in [7, 11) is 0. The topological polar surface area (TPSA) is 59.4 Å². The van der Waals surface area contributed by atoms with Gasteiger partial charge in [0, 0.05) is 0 Å². The van der Waals surface area contributed by atoms with Gasteiger partial charge in [-0.15, -0.1) is 0 Å². The van der Waals surface area contributed by atoms with Gasteiger partial charge in [-0.05, 0) is 18.2 Å². The quantitative estimate of drug-likeness (QED) is 0.930. The first-order valence-electron chi connectivity index (χ1n) is 4.99. The van der Waals surface area contributed by atoms with E-state index in [1.54, 1.807) is 0 Å². The predicted octanol–water partition coefficient (Wildman–Crippen LogP) is 2.99. The van der Waals surface area contributed by atoms with Crippen molar-refractivity contribution < 1.29 is 27.8 Å². The van der Waals surface area contributed by atoms with Crippen molar-refractivity contribution in [2.24, 2.45) is 0 Å². The van der Waals surface area contributed by atoms with Crippen LogP contribution in [0.15, 0.2) is 30.5 Å². The fourth-order valence-electron chi connectivity index (χ4n) is 1.33. The Labute approximate surface area is 105 Å². The van der Waals surface area contributed by atoms with E-state index in [9.17, 15) is 18.0 Å². The first kappa shape index (κ1) is 12.9. The number of hydrogen-bond donors (Lipinski definition) is 1. The average molecular weight is 269 g/mol. The molecule has 0 fully saturated rings. The summed E-state index contributed by atoms with van der Waals surface area (Å²) in [6.07, 6.45) is 0.707. The van der Waals surface area contributed by atoms with Gasteiger partial charge in [0.05, 0.1) is 6.20 Å². The molecule has 0 spiro atoms. The van der Waals surface area contributed by atoms with Crippen molar-refractivity contribution in [3.63, 3.8) is 0 Å². The molecular formula is C12H6F3NO3. The Morgan fingerprint density at radius 2 is 2.00 bits per heavy atom. The average Bonchev–Trinajstić information content (AvgIpc) is 2.36. The zero-order chi connectivity index (χ0) is 14.0. The Morgan fingerprint density at radius 1 is 1.26 bits per heavy atom. The van der Waals surface area contributed by atoms with Crippen LogP contribution < -0.4 is 4.74 Å². The molecule has 0 atom stereocenters. The van der Waals surface area contributed by atoms with Crippen LogP contribution in [0.3, 0.4) is 0 Å². The zero-order valence-electron chi connectivity index (χ0n) is 9.23. The van der Waals surface area contributed by atoms with Crippen LogP contribution in [0.5, 0.6) is 11.6 Å². The Kier molecular flexibility index (Phi) is 3.37. The molecule has 1 N–H and O–H groups in total. The monoisotopic (exact) mass is 269 g/mol.